The SMILES string of the molecule is Cc1ccc(N2CCCN(C(=O)c3ccsc3)CC2)nn1. The van der Waals surface area contributed by atoms with Gasteiger partial charge in [-0.2, -0.15) is 16.4 Å². The fourth-order valence-electron chi connectivity index (χ4n) is 2.48. The van der Waals surface area contributed by atoms with Crippen molar-refractivity contribution in [3.05, 3.63) is 40.2 Å². The molecule has 21 heavy (non-hydrogen) atoms. The Morgan fingerprint density at radius 3 is 2.76 bits per heavy atom. The zero-order valence-corrected chi connectivity index (χ0v) is 12.8. The van der Waals surface area contributed by atoms with E-state index in [-0.39, 0.29) is 5.91 Å². The Morgan fingerprint density at radius 2 is 2.05 bits per heavy atom. The van der Waals surface area contributed by atoms with Crippen LogP contribution in [0.1, 0.15) is 22.5 Å². The van der Waals surface area contributed by atoms with Crippen molar-refractivity contribution in [2.75, 3.05) is 31.1 Å². The molecule has 0 aromatic carbocycles. The minimum atomic E-state index is 0.132. The van der Waals surface area contributed by atoms with Crippen molar-refractivity contribution in [3.8, 4) is 0 Å². The molecule has 1 aliphatic rings. The van der Waals surface area contributed by atoms with Crippen molar-refractivity contribution in [1.82, 2.24) is 15.1 Å². The summed E-state index contributed by atoms with van der Waals surface area (Å²) >= 11 is 1.56. The standard InChI is InChI=1S/C15H18N4OS/c1-12-3-4-14(17-16-12)18-6-2-7-19(9-8-18)15(20)13-5-10-21-11-13/h3-5,10-11H,2,6-9H2,1H3. The molecule has 0 saturated carbocycles. The maximum Gasteiger partial charge on any atom is 0.254 e. The Bertz CT molecular complexity index is 597. The summed E-state index contributed by atoms with van der Waals surface area (Å²) in [6.07, 6.45) is 0.950. The van der Waals surface area contributed by atoms with Gasteiger partial charge >= 0.3 is 0 Å². The monoisotopic (exact) mass is 302 g/mol. The van der Waals surface area contributed by atoms with Gasteiger partial charge in [0.15, 0.2) is 5.82 Å². The molecule has 0 radical (unpaired) electrons. The van der Waals surface area contributed by atoms with Gasteiger partial charge in [-0.15, -0.1) is 5.10 Å². The second-order valence-electron chi connectivity index (χ2n) is 5.18. The number of rotatable bonds is 2. The first kappa shape index (κ1) is 14.0. The first-order valence-electron chi connectivity index (χ1n) is 7.11. The summed E-state index contributed by atoms with van der Waals surface area (Å²) in [5.74, 6) is 1.03. The molecule has 6 heteroatoms. The number of hydrogen-bond donors (Lipinski definition) is 0. The third-order valence-electron chi connectivity index (χ3n) is 3.66. The van der Waals surface area contributed by atoms with Crippen LogP contribution in [0.4, 0.5) is 5.82 Å². The number of nitrogens with zero attached hydrogens (tertiary/aromatic N) is 4. The largest absolute Gasteiger partial charge is 0.353 e. The van der Waals surface area contributed by atoms with E-state index >= 15 is 0 Å². The highest BCUT2D eigenvalue weighted by Crippen LogP contribution is 2.15. The van der Waals surface area contributed by atoms with E-state index in [0.29, 0.717) is 0 Å². The smallest absolute Gasteiger partial charge is 0.254 e. The lowest BCUT2D eigenvalue weighted by atomic mass is 10.3. The molecular formula is C15H18N4OS. The molecule has 3 heterocycles. The minimum absolute atomic E-state index is 0.132. The zero-order valence-electron chi connectivity index (χ0n) is 12.0. The molecule has 1 saturated heterocycles. The van der Waals surface area contributed by atoms with Crippen LogP contribution in [0.15, 0.2) is 29.0 Å². The fourth-order valence-corrected chi connectivity index (χ4v) is 3.11. The van der Waals surface area contributed by atoms with Crippen molar-refractivity contribution in [2.24, 2.45) is 0 Å². The molecule has 1 fully saturated rings. The summed E-state index contributed by atoms with van der Waals surface area (Å²) < 4.78 is 0. The number of carbonyl (C=O) groups is 1. The van der Waals surface area contributed by atoms with Gasteiger partial charge in [-0.25, -0.2) is 0 Å². The van der Waals surface area contributed by atoms with E-state index in [4.69, 9.17) is 0 Å². The Balaban J connectivity index is 1.66. The summed E-state index contributed by atoms with van der Waals surface area (Å²) in [6.45, 7) is 5.16. The van der Waals surface area contributed by atoms with Crippen LogP contribution in [0.5, 0.6) is 0 Å². The number of aromatic nitrogens is 2. The van der Waals surface area contributed by atoms with Crippen molar-refractivity contribution < 1.29 is 4.79 Å². The molecule has 0 unspecified atom stereocenters. The Labute approximate surface area is 128 Å². The van der Waals surface area contributed by atoms with Crippen molar-refractivity contribution in [1.29, 1.82) is 0 Å². The Morgan fingerprint density at radius 1 is 1.14 bits per heavy atom. The topological polar surface area (TPSA) is 49.3 Å². The molecule has 0 aliphatic carbocycles. The van der Waals surface area contributed by atoms with Crippen LogP contribution in [0.25, 0.3) is 0 Å². The molecular weight excluding hydrogens is 284 g/mol. The molecule has 1 amide bonds. The molecule has 0 bridgehead atoms. The number of aryl methyl sites for hydroxylation is 1. The average molecular weight is 302 g/mol. The summed E-state index contributed by atoms with van der Waals surface area (Å²) in [7, 11) is 0. The van der Waals surface area contributed by atoms with Crippen LogP contribution in [0, 0.1) is 6.92 Å². The number of hydrogen-bond acceptors (Lipinski definition) is 5. The van der Waals surface area contributed by atoms with Gasteiger partial charge in [-0.3, -0.25) is 4.79 Å². The highest BCUT2D eigenvalue weighted by atomic mass is 32.1. The van der Waals surface area contributed by atoms with Gasteiger partial charge < -0.3 is 9.80 Å². The van der Waals surface area contributed by atoms with Crippen LogP contribution >= 0.6 is 11.3 Å². The van der Waals surface area contributed by atoms with Crippen molar-refractivity contribution in [3.63, 3.8) is 0 Å². The van der Waals surface area contributed by atoms with Gasteiger partial charge in [0.1, 0.15) is 0 Å². The molecule has 1 aliphatic heterocycles. The van der Waals surface area contributed by atoms with Gasteiger partial charge in [0.25, 0.3) is 5.91 Å². The number of carbonyl (C=O) groups excluding carboxylic acids is 1. The summed E-state index contributed by atoms with van der Waals surface area (Å²) in [5.41, 5.74) is 1.71. The van der Waals surface area contributed by atoms with E-state index in [2.05, 4.69) is 15.1 Å². The minimum Gasteiger partial charge on any atom is -0.353 e. The Hall–Kier alpha value is -1.95. The second kappa shape index (κ2) is 6.22. The molecule has 2 aromatic rings. The lowest BCUT2D eigenvalue weighted by molar-refractivity contribution is 0.0767. The van der Waals surface area contributed by atoms with Gasteiger partial charge in [0, 0.05) is 31.6 Å². The van der Waals surface area contributed by atoms with E-state index < -0.39 is 0 Å². The van der Waals surface area contributed by atoms with Crippen molar-refractivity contribution in [2.45, 2.75) is 13.3 Å². The number of amides is 1. The first-order valence-corrected chi connectivity index (χ1v) is 8.05. The van der Waals surface area contributed by atoms with Crippen LogP contribution in [0.3, 0.4) is 0 Å². The molecule has 0 N–H and O–H groups in total. The van der Waals surface area contributed by atoms with E-state index in [1.807, 2.05) is 40.8 Å². The Kier molecular flexibility index (Phi) is 4.15. The number of thiophene rings is 1. The molecule has 0 atom stereocenters. The fraction of sp³-hybridized carbons (Fsp3) is 0.400. The van der Waals surface area contributed by atoms with Crippen LogP contribution in [0.2, 0.25) is 0 Å². The third kappa shape index (κ3) is 3.21. The van der Waals surface area contributed by atoms with Crippen LogP contribution < -0.4 is 4.90 Å². The maximum atomic E-state index is 12.4. The zero-order chi connectivity index (χ0) is 14.7. The second-order valence-corrected chi connectivity index (χ2v) is 5.96. The van der Waals surface area contributed by atoms with E-state index in [0.717, 1.165) is 49.7 Å². The molecule has 5 nitrogen and oxygen atoms in total. The number of anilines is 1. The van der Waals surface area contributed by atoms with Gasteiger partial charge in [-0.05, 0) is 36.9 Å². The quantitative estimate of drug-likeness (QED) is 0.853. The summed E-state index contributed by atoms with van der Waals surface area (Å²) in [4.78, 5) is 16.5. The molecule has 3 rings (SSSR count). The third-order valence-corrected chi connectivity index (χ3v) is 4.34. The highest BCUT2D eigenvalue weighted by molar-refractivity contribution is 7.08. The van der Waals surface area contributed by atoms with Crippen LogP contribution in [-0.4, -0.2) is 47.2 Å². The van der Waals surface area contributed by atoms with E-state index in [1.165, 1.54) is 0 Å². The highest BCUT2D eigenvalue weighted by Gasteiger charge is 2.21. The normalized spacial score (nSPS) is 15.9. The van der Waals surface area contributed by atoms with E-state index in [1.54, 1.807) is 11.3 Å². The van der Waals surface area contributed by atoms with E-state index in [9.17, 15) is 4.79 Å². The first-order chi connectivity index (χ1) is 10.2. The summed E-state index contributed by atoms with van der Waals surface area (Å²) in [6, 6.07) is 5.86. The van der Waals surface area contributed by atoms with Crippen molar-refractivity contribution >= 4 is 23.1 Å². The predicted molar refractivity (Wildman–Crippen MR) is 83.8 cm³/mol. The maximum absolute atomic E-state index is 12.4. The molecule has 2 aromatic heterocycles. The lowest BCUT2D eigenvalue weighted by Crippen LogP contribution is -2.35. The molecule has 0 spiro atoms. The predicted octanol–water partition coefficient (Wildman–Crippen LogP) is 2.20. The average Bonchev–Trinajstić information content (AvgIpc) is 2.92. The lowest BCUT2D eigenvalue weighted by Gasteiger charge is -2.22. The van der Waals surface area contributed by atoms with Gasteiger partial charge in [0.05, 0.1) is 11.3 Å². The molecule has 110 valence electrons. The van der Waals surface area contributed by atoms with Crippen LogP contribution in [-0.2, 0) is 0 Å². The van der Waals surface area contributed by atoms with Gasteiger partial charge in [-0.1, -0.05) is 0 Å². The summed E-state index contributed by atoms with van der Waals surface area (Å²) in [5, 5.41) is 12.2. The van der Waals surface area contributed by atoms with Gasteiger partial charge in [0.2, 0.25) is 0 Å².